The zero-order valence-corrected chi connectivity index (χ0v) is 12.4. The molecule has 0 aliphatic carbocycles. The van der Waals surface area contributed by atoms with E-state index >= 15 is 0 Å². The Kier molecular flexibility index (Phi) is 4.66. The van der Waals surface area contributed by atoms with Gasteiger partial charge in [0.05, 0.1) is 17.2 Å². The normalized spacial score (nSPS) is 12.6. The first-order valence-corrected chi connectivity index (χ1v) is 7.40. The van der Waals surface area contributed by atoms with Crippen LogP contribution in [0.2, 0.25) is 0 Å². The van der Waals surface area contributed by atoms with Crippen LogP contribution in [-0.2, 0) is 0 Å². The molecular formula is C15H19FN2S. The van der Waals surface area contributed by atoms with E-state index in [0.717, 1.165) is 29.8 Å². The molecule has 2 rings (SSSR count). The Morgan fingerprint density at radius 1 is 1.37 bits per heavy atom. The lowest BCUT2D eigenvalue weighted by molar-refractivity contribution is 0.593. The molecule has 1 aromatic carbocycles. The van der Waals surface area contributed by atoms with Gasteiger partial charge >= 0.3 is 0 Å². The van der Waals surface area contributed by atoms with Gasteiger partial charge in [0, 0.05) is 4.88 Å². The minimum absolute atomic E-state index is 0.105. The molecule has 0 spiro atoms. The van der Waals surface area contributed by atoms with E-state index in [0.29, 0.717) is 0 Å². The van der Waals surface area contributed by atoms with Crippen LogP contribution in [-0.4, -0.2) is 11.5 Å². The van der Waals surface area contributed by atoms with Gasteiger partial charge in [-0.25, -0.2) is 9.37 Å². The first kappa shape index (κ1) is 14.2. The number of thiazole rings is 1. The molecule has 4 heteroatoms. The summed E-state index contributed by atoms with van der Waals surface area (Å²) >= 11 is 1.65. The Hall–Kier alpha value is -1.26. The lowest BCUT2D eigenvalue weighted by Crippen LogP contribution is -2.23. The zero-order chi connectivity index (χ0) is 13.8. The van der Waals surface area contributed by atoms with Gasteiger partial charge in [-0.05, 0) is 50.1 Å². The zero-order valence-electron chi connectivity index (χ0n) is 11.5. The molecule has 0 radical (unpaired) electrons. The van der Waals surface area contributed by atoms with Gasteiger partial charge in [-0.15, -0.1) is 11.3 Å². The van der Waals surface area contributed by atoms with Crippen LogP contribution in [0.4, 0.5) is 4.39 Å². The van der Waals surface area contributed by atoms with Gasteiger partial charge in [0.15, 0.2) is 0 Å². The van der Waals surface area contributed by atoms with Gasteiger partial charge in [-0.2, -0.15) is 0 Å². The summed E-state index contributed by atoms with van der Waals surface area (Å²) in [6, 6.07) is 5.09. The second-order valence-corrected chi connectivity index (χ2v) is 5.58. The highest BCUT2D eigenvalue weighted by Crippen LogP contribution is 2.30. The summed E-state index contributed by atoms with van der Waals surface area (Å²) in [5.74, 6) is -0.184. The lowest BCUT2D eigenvalue weighted by atomic mass is 9.99. The molecule has 1 N–H and O–H groups in total. The van der Waals surface area contributed by atoms with Crippen LogP contribution in [0.15, 0.2) is 23.7 Å². The SMILES string of the molecule is CCCNC(c1ccc(F)cc1C)c1scnc1C. The molecule has 19 heavy (non-hydrogen) atoms. The van der Waals surface area contributed by atoms with Crippen molar-refractivity contribution in [1.82, 2.24) is 10.3 Å². The fraction of sp³-hybridized carbons (Fsp3) is 0.400. The number of halogens is 1. The van der Waals surface area contributed by atoms with Gasteiger partial charge < -0.3 is 5.32 Å². The van der Waals surface area contributed by atoms with Crippen molar-refractivity contribution in [2.45, 2.75) is 33.2 Å². The van der Waals surface area contributed by atoms with Crippen molar-refractivity contribution in [2.24, 2.45) is 0 Å². The third-order valence-electron chi connectivity index (χ3n) is 3.19. The third-order valence-corrected chi connectivity index (χ3v) is 4.18. The number of hydrogen-bond acceptors (Lipinski definition) is 3. The Balaban J connectivity index is 2.40. The van der Waals surface area contributed by atoms with Crippen LogP contribution < -0.4 is 5.32 Å². The monoisotopic (exact) mass is 278 g/mol. The summed E-state index contributed by atoms with van der Waals surface area (Å²) in [6.07, 6.45) is 1.06. The van der Waals surface area contributed by atoms with Crippen LogP contribution in [0.25, 0.3) is 0 Å². The first-order chi connectivity index (χ1) is 9.13. The molecule has 0 bridgehead atoms. The first-order valence-electron chi connectivity index (χ1n) is 6.53. The largest absolute Gasteiger partial charge is 0.306 e. The van der Waals surface area contributed by atoms with Crippen LogP contribution in [0.1, 0.15) is 41.1 Å². The van der Waals surface area contributed by atoms with Crippen molar-refractivity contribution < 1.29 is 4.39 Å². The fourth-order valence-electron chi connectivity index (χ4n) is 2.18. The van der Waals surface area contributed by atoms with Gasteiger partial charge in [-0.1, -0.05) is 13.0 Å². The molecule has 1 heterocycles. The quantitative estimate of drug-likeness (QED) is 0.894. The summed E-state index contributed by atoms with van der Waals surface area (Å²) in [4.78, 5) is 5.53. The molecule has 102 valence electrons. The van der Waals surface area contributed by atoms with E-state index in [2.05, 4.69) is 17.2 Å². The van der Waals surface area contributed by atoms with Gasteiger partial charge in [-0.3, -0.25) is 0 Å². The molecule has 0 fully saturated rings. The van der Waals surface area contributed by atoms with E-state index in [1.807, 2.05) is 25.4 Å². The fourth-order valence-corrected chi connectivity index (χ4v) is 3.08. The van der Waals surface area contributed by atoms with E-state index in [9.17, 15) is 4.39 Å². The molecule has 1 unspecified atom stereocenters. The standard InChI is InChI=1S/C15H19FN2S/c1-4-7-17-14(15-11(3)18-9-19-15)13-6-5-12(16)8-10(13)2/h5-6,8-9,14,17H,4,7H2,1-3H3. The highest BCUT2D eigenvalue weighted by atomic mass is 32.1. The maximum atomic E-state index is 13.3. The summed E-state index contributed by atoms with van der Waals surface area (Å²) < 4.78 is 13.3. The van der Waals surface area contributed by atoms with Crippen molar-refractivity contribution in [2.75, 3.05) is 6.54 Å². The second-order valence-electron chi connectivity index (χ2n) is 4.69. The van der Waals surface area contributed by atoms with E-state index in [4.69, 9.17) is 0 Å². The Morgan fingerprint density at radius 3 is 2.74 bits per heavy atom. The Morgan fingerprint density at radius 2 is 2.16 bits per heavy atom. The Bertz CT molecular complexity index is 551. The average molecular weight is 278 g/mol. The summed E-state index contributed by atoms with van der Waals surface area (Å²) in [7, 11) is 0. The predicted molar refractivity (Wildman–Crippen MR) is 78.1 cm³/mol. The number of aromatic nitrogens is 1. The second kappa shape index (κ2) is 6.26. The number of aryl methyl sites for hydroxylation is 2. The minimum atomic E-state index is -0.184. The smallest absolute Gasteiger partial charge is 0.123 e. The van der Waals surface area contributed by atoms with Crippen molar-refractivity contribution in [1.29, 1.82) is 0 Å². The predicted octanol–water partition coefficient (Wildman–Crippen LogP) is 3.99. The van der Waals surface area contributed by atoms with E-state index in [1.54, 1.807) is 17.4 Å². The lowest BCUT2D eigenvalue weighted by Gasteiger charge is -2.20. The molecule has 0 aliphatic heterocycles. The summed E-state index contributed by atoms with van der Waals surface area (Å²) in [5, 5.41) is 3.54. The molecule has 2 nitrogen and oxygen atoms in total. The minimum Gasteiger partial charge on any atom is -0.306 e. The van der Waals surface area contributed by atoms with E-state index in [1.165, 1.54) is 10.9 Å². The highest BCUT2D eigenvalue weighted by molar-refractivity contribution is 7.09. The highest BCUT2D eigenvalue weighted by Gasteiger charge is 2.19. The van der Waals surface area contributed by atoms with E-state index < -0.39 is 0 Å². The molecule has 0 saturated heterocycles. The molecule has 2 aromatic rings. The molecule has 0 amide bonds. The van der Waals surface area contributed by atoms with Crippen LogP contribution in [0.3, 0.4) is 0 Å². The van der Waals surface area contributed by atoms with E-state index in [-0.39, 0.29) is 11.9 Å². The Labute approximate surface area is 117 Å². The summed E-state index contributed by atoms with van der Waals surface area (Å²) in [5.41, 5.74) is 5.01. The van der Waals surface area contributed by atoms with Gasteiger partial charge in [0.1, 0.15) is 5.82 Å². The molecule has 0 saturated carbocycles. The topological polar surface area (TPSA) is 24.9 Å². The van der Waals surface area contributed by atoms with Crippen molar-refractivity contribution >= 4 is 11.3 Å². The third kappa shape index (κ3) is 3.19. The number of hydrogen-bond donors (Lipinski definition) is 1. The maximum absolute atomic E-state index is 13.3. The van der Waals surface area contributed by atoms with Crippen LogP contribution in [0, 0.1) is 19.7 Å². The van der Waals surface area contributed by atoms with Crippen LogP contribution >= 0.6 is 11.3 Å². The number of benzene rings is 1. The van der Waals surface area contributed by atoms with Crippen molar-refractivity contribution in [3.05, 3.63) is 51.2 Å². The molecular weight excluding hydrogens is 259 g/mol. The average Bonchev–Trinajstić information content (AvgIpc) is 2.78. The van der Waals surface area contributed by atoms with Crippen molar-refractivity contribution in [3.63, 3.8) is 0 Å². The maximum Gasteiger partial charge on any atom is 0.123 e. The summed E-state index contributed by atoms with van der Waals surface area (Å²) in [6.45, 7) is 7.04. The van der Waals surface area contributed by atoms with Crippen LogP contribution in [0.5, 0.6) is 0 Å². The number of nitrogens with one attached hydrogen (secondary N) is 1. The van der Waals surface area contributed by atoms with Crippen molar-refractivity contribution in [3.8, 4) is 0 Å². The molecule has 1 aromatic heterocycles. The van der Waals surface area contributed by atoms with Gasteiger partial charge in [0.25, 0.3) is 0 Å². The number of rotatable bonds is 5. The number of nitrogens with zero attached hydrogens (tertiary/aromatic N) is 1. The van der Waals surface area contributed by atoms with Gasteiger partial charge in [0.2, 0.25) is 0 Å². The molecule has 0 aliphatic rings. The molecule has 1 atom stereocenters.